The van der Waals surface area contributed by atoms with Gasteiger partial charge in [-0.3, -0.25) is 0 Å². The zero-order valence-electron chi connectivity index (χ0n) is 15.0. The van der Waals surface area contributed by atoms with Gasteiger partial charge in [0.25, 0.3) is 0 Å². The van der Waals surface area contributed by atoms with Crippen LogP contribution in [-0.4, -0.2) is 19.8 Å². The Labute approximate surface area is 127 Å². The van der Waals surface area contributed by atoms with Gasteiger partial charge in [-0.1, -0.05) is 33.1 Å². The molecule has 3 heteroatoms. The van der Waals surface area contributed by atoms with Crippen LogP contribution < -0.4 is 0 Å². The lowest BCUT2D eigenvalue weighted by molar-refractivity contribution is 0.00173. The first-order valence-corrected chi connectivity index (χ1v) is 10.3. The van der Waals surface area contributed by atoms with Crippen molar-refractivity contribution in [2.75, 3.05) is 0 Å². The Bertz CT molecular complexity index is 277. The molecule has 1 fully saturated rings. The van der Waals surface area contributed by atoms with Gasteiger partial charge in [-0.15, -0.1) is 0 Å². The van der Waals surface area contributed by atoms with Gasteiger partial charge in [-0.25, -0.2) is 0 Å². The smallest absolute Gasteiger partial charge is 0.344 e. The lowest BCUT2D eigenvalue weighted by atomic mass is 10.0. The molecule has 0 aromatic carbocycles. The van der Waals surface area contributed by atoms with E-state index in [1.54, 1.807) is 0 Å². The van der Waals surface area contributed by atoms with E-state index in [4.69, 9.17) is 8.85 Å². The zero-order chi connectivity index (χ0) is 15.6. The molecule has 0 spiro atoms. The van der Waals surface area contributed by atoms with E-state index in [0.717, 1.165) is 0 Å². The molecule has 0 unspecified atom stereocenters. The fourth-order valence-corrected chi connectivity index (χ4v) is 8.27. The summed E-state index contributed by atoms with van der Waals surface area (Å²) in [6, 6.07) is 0. The van der Waals surface area contributed by atoms with Crippen molar-refractivity contribution < 1.29 is 8.85 Å². The van der Waals surface area contributed by atoms with Crippen molar-refractivity contribution in [3.05, 3.63) is 0 Å². The zero-order valence-corrected chi connectivity index (χ0v) is 16.0. The minimum absolute atomic E-state index is 0.126. The van der Waals surface area contributed by atoms with Crippen molar-refractivity contribution in [2.45, 2.75) is 110 Å². The summed E-state index contributed by atoms with van der Waals surface area (Å²) in [5.41, 5.74) is 0.886. The van der Waals surface area contributed by atoms with E-state index in [0.29, 0.717) is 11.1 Å². The summed E-state index contributed by atoms with van der Waals surface area (Å²) in [4.78, 5) is 0. The minimum Gasteiger partial charge on any atom is -0.389 e. The van der Waals surface area contributed by atoms with Crippen LogP contribution in [0.2, 0.25) is 11.1 Å². The van der Waals surface area contributed by atoms with Crippen LogP contribution in [0.15, 0.2) is 0 Å². The normalized spacial score (nSPS) is 19.6. The third-order valence-corrected chi connectivity index (χ3v) is 9.10. The second-order valence-corrected chi connectivity index (χ2v) is 12.5. The highest BCUT2D eigenvalue weighted by atomic mass is 28.4. The first kappa shape index (κ1) is 18.2. The van der Waals surface area contributed by atoms with Crippen LogP contribution in [0.4, 0.5) is 0 Å². The van der Waals surface area contributed by atoms with Gasteiger partial charge in [0.1, 0.15) is 0 Å². The van der Waals surface area contributed by atoms with Gasteiger partial charge in [0.15, 0.2) is 0 Å². The highest BCUT2D eigenvalue weighted by molar-refractivity contribution is 6.70. The first-order valence-electron chi connectivity index (χ1n) is 8.37. The second-order valence-electron chi connectivity index (χ2n) is 8.64. The Morgan fingerprint density at radius 3 is 1.50 bits per heavy atom. The number of hydrogen-bond donors (Lipinski definition) is 0. The fraction of sp³-hybridized carbons (Fsp3) is 1.00. The van der Waals surface area contributed by atoms with Gasteiger partial charge in [0.05, 0.1) is 11.2 Å². The molecule has 0 radical (unpaired) electrons. The van der Waals surface area contributed by atoms with Gasteiger partial charge in [-0.2, -0.15) is 0 Å². The molecular weight excluding hydrogens is 264 g/mol. The number of rotatable bonds is 4. The van der Waals surface area contributed by atoms with Crippen molar-refractivity contribution in [2.24, 2.45) is 0 Å². The molecule has 120 valence electrons. The van der Waals surface area contributed by atoms with Crippen molar-refractivity contribution >= 4 is 8.56 Å². The largest absolute Gasteiger partial charge is 0.389 e. The van der Waals surface area contributed by atoms with Crippen LogP contribution in [0.3, 0.4) is 0 Å². The van der Waals surface area contributed by atoms with Gasteiger partial charge < -0.3 is 8.85 Å². The van der Waals surface area contributed by atoms with Gasteiger partial charge >= 0.3 is 8.56 Å². The van der Waals surface area contributed by atoms with Crippen LogP contribution in [0.25, 0.3) is 0 Å². The lowest BCUT2D eigenvalue weighted by Crippen LogP contribution is -2.57. The maximum atomic E-state index is 6.72. The molecule has 0 atom stereocenters. The molecule has 1 rings (SSSR count). The molecule has 0 aromatic rings. The summed E-state index contributed by atoms with van der Waals surface area (Å²) in [7, 11) is -2.24. The Kier molecular flexibility index (Phi) is 5.90. The molecule has 2 nitrogen and oxygen atoms in total. The van der Waals surface area contributed by atoms with E-state index in [-0.39, 0.29) is 11.2 Å². The maximum Gasteiger partial charge on any atom is 0.344 e. The average Bonchev–Trinajstić information content (AvgIpc) is 2.25. The SMILES string of the molecule is CC(C)[Si](OC(C)(C)C)(OC(C)(C)C)C1CCCCC1. The number of hydrogen-bond acceptors (Lipinski definition) is 2. The van der Waals surface area contributed by atoms with Crippen LogP contribution in [-0.2, 0) is 8.85 Å². The second kappa shape index (κ2) is 6.49. The van der Waals surface area contributed by atoms with Gasteiger partial charge in [-0.05, 0) is 59.9 Å². The highest BCUT2D eigenvalue weighted by Gasteiger charge is 2.53. The van der Waals surface area contributed by atoms with Crippen LogP contribution >= 0.6 is 0 Å². The molecule has 20 heavy (non-hydrogen) atoms. The molecule has 0 amide bonds. The molecule has 0 aliphatic heterocycles. The molecule has 0 bridgehead atoms. The molecular formula is C17H36O2Si. The molecule has 1 aliphatic carbocycles. The van der Waals surface area contributed by atoms with E-state index in [2.05, 4.69) is 55.4 Å². The van der Waals surface area contributed by atoms with E-state index in [9.17, 15) is 0 Å². The predicted octanol–water partition coefficient (Wildman–Crippen LogP) is 5.80. The minimum atomic E-state index is -2.24. The summed E-state index contributed by atoms with van der Waals surface area (Å²) >= 11 is 0. The molecule has 1 aliphatic rings. The van der Waals surface area contributed by atoms with Gasteiger partial charge in [0, 0.05) is 5.54 Å². The van der Waals surface area contributed by atoms with Crippen molar-refractivity contribution in [1.82, 2.24) is 0 Å². The van der Waals surface area contributed by atoms with Crippen molar-refractivity contribution in [3.63, 3.8) is 0 Å². The fourth-order valence-electron chi connectivity index (χ4n) is 3.36. The van der Waals surface area contributed by atoms with Crippen LogP contribution in [0.5, 0.6) is 0 Å². The molecule has 0 aromatic heterocycles. The lowest BCUT2D eigenvalue weighted by Gasteiger charge is -2.48. The monoisotopic (exact) mass is 300 g/mol. The van der Waals surface area contributed by atoms with Crippen LogP contribution in [0, 0.1) is 0 Å². The van der Waals surface area contributed by atoms with E-state index >= 15 is 0 Å². The molecule has 0 saturated heterocycles. The highest BCUT2D eigenvalue weighted by Crippen LogP contribution is 2.47. The molecule has 1 saturated carbocycles. The Hall–Kier alpha value is 0.137. The Morgan fingerprint density at radius 1 is 0.800 bits per heavy atom. The van der Waals surface area contributed by atoms with Crippen molar-refractivity contribution in [3.8, 4) is 0 Å². The summed E-state index contributed by atoms with van der Waals surface area (Å²) in [6.45, 7) is 17.6. The summed E-state index contributed by atoms with van der Waals surface area (Å²) in [6.07, 6.45) is 6.64. The third kappa shape index (κ3) is 5.16. The third-order valence-electron chi connectivity index (χ3n) is 3.91. The molecule has 0 N–H and O–H groups in total. The van der Waals surface area contributed by atoms with E-state index in [1.165, 1.54) is 32.1 Å². The summed E-state index contributed by atoms with van der Waals surface area (Å²) in [5.74, 6) is 0. The topological polar surface area (TPSA) is 18.5 Å². The van der Waals surface area contributed by atoms with Crippen molar-refractivity contribution in [1.29, 1.82) is 0 Å². The Balaban J connectivity index is 3.11. The summed E-state index contributed by atoms with van der Waals surface area (Å²) in [5, 5.41) is 0. The van der Waals surface area contributed by atoms with Crippen LogP contribution in [0.1, 0.15) is 87.5 Å². The predicted molar refractivity (Wildman–Crippen MR) is 89.4 cm³/mol. The van der Waals surface area contributed by atoms with E-state index in [1.807, 2.05) is 0 Å². The van der Waals surface area contributed by atoms with Gasteiger partial charge in [0.2, 0.25) is 0 Å². The van der Waals surface area contributed by atoms with E-state index < -0.39 is 8.56 Å². The maximum absolute atomic E-state index is 6.72. The Morgan fingerprint density at radius 2 is 1.20 bits per heavy atom. The summed E-state index contributed by atoms with van der Waals surface area (Å²) < 4.78 is 13.4. The standard InChI is InChI=1S/C17H36O2Si/c1-14(2)20(18-16(3,4)5,19-17(6,7)8)15-12-10-9-11-13-15/h14-15H,9-13H2,1-8H3. The quantitative estimate of drug-likeness (QED) is 0.611. The molecule has 0 heterocycles. The first-order chi connectivity index (χ1) is 8.96. The average molecular weight is 301 g/mol.